The lowest BCUT2D eigenvalue weighted by molar-refractivity contribution is -0.331. The van der Waals surface area contributed by atoms with Crippen LogP contribution in [0.1, 0.15) is 0 Å². The van der Waals surface area contributed by atoms with Crippen LogP contribution in [0.15, 0.2) is 0 Å². The SMILES string of the molecule is OC[C@H]1O[C@H](O[C@@H]2CO[C@H](CO)[C@@H](O)[C@@H]2O)[C@@H](O)[C@@H](O)[C@@H]1O. The molecule has 0 amide bonds. The highest BCUT2D eigenvalue weighted by atomic mass is 16.7. The molecule has 9 atom stereocenters. The van der Waals surface area contributed by atoms with E-state index in [1.54, 1.807) is 0 Å². The highest BCUT2D eigenvalue weighted by Gasteiger charge is 2.47. The monoisotopic (exact) mass is 326 g/mol. The summed E-state index contributed by atoms with van der Waals surface area (Å²) >= 11 is 0. The van der Waals surface area contributed by atoms with Crippen molar-refractivity contribution in [2.45, 2.75) is 55.1 Å². The molecule has 0 aromatic heterocycles. The molecule has 10 heteroatoms. The van der Waals surface area contributed by atoms with E-state index in [0.29, 0.717) is 0 Å². The van der Waals surface area contributed by atoms with Crippen LogP contribution in [0.2, 0.25) is 0 Å². The number of hydrogen-bond donors (Lipinski definition) is 7. The normalized spacial score (nSPS) is 50.0. The molecule has 2 aliphatic rings. The molecule has 2 fully saturated rings. The minimum Gasteiger partial charge on any atom is -0.394 e. The fraction of sp³-hybridized carbons (Fsp3) is 1.00. The van der Waals surface area contributed by atoms with Gasteiger partial charge in [-0.2, -0.15) is 0 Å². The third-order valence-corrected chi connectivity index (χ3v) is 3.92. The van der Waals surface area contributed by atoms with Crippen molar-refractivity contribution in [1.82, 2.24) is 0 Å². The second-order valence-corrected chi connectivity index (χ2v) is 5.41. The van der Waals surface area contributed by atoms with Gasteiger partial charge >= 0.3 is 0 Å². The van der Waals surface area contributed by atoms with Crippen molar-refractivity contribution in [2.75, 3.05) is 19.8 Å². The van der Waals surface area contributed by atoms with Crippen molar-refractivity contribution in [1.29, 1.82) is 0 Å². The first-order chi connectivity index (χ1) is 10.4. The van der Waals surface area contributed by atoms with Gasteiger partial charge in [-0.3, -0.25) is 0 Å². The predicted molar refractivity (Wildman–Crippen MR) is 67.5 cm³/mol. The van der Waals surface area contributed by atoms with E-state index in [4.69, 9.17) is 24.4 Å². The molecule has 2 rings (SSSR count). The van der Waals surface area contributed by atoms with Crippen LogP contribution in [0.4, 0.5) is 0 Å². The Kier molecular flexibility index (Phi) is 6.07. The average Bonchev–Trinajstić information content (AvgIpc) is 2.52. The average molecular weight is 326 g/mol. The molecule has 10 nitrogen and oxygen atoms in total. The number of hydrogen-bond acceptors (Lipinski definition) is 10. The van der Waals surface area contributed by atoms with Crippen molar-refractivity contribution in [3.05, 3.63) is 0 Å². The van der Waals surface area contributed by atoms with Crippen LogP contribution in [0.5, 0.6) is 0 Å². The molecule has 0 unspecified atom stereocenters. The van der Waals surface area contributed by atoms with Gasteiger partial charge in [0.05, 0.1) is 19.8 Å². The summed E-state index contributed by atoms with van der Waals surface area (Å²) in [5.41, 5.74) is 0. The van der Waals surface area contributed by atoms with E-state index in [1.165, 1.54) is 0 Å². The molecule has 0 aliphatic carbocycles. The number of ether oxygens (including phenoxy) is 3. The van der Waals surface area contributed by atoms with Gasteiger partial charge in [0.15, 0.2) is 6.29 Å². The topological polar surface area (TPSA) is 169 Å². The summed E-state index contributed by atoms with van der Waals surface area (Å²) in [6.45, 7) is -1.27. The summed E-state index contributed by atoms with van der Waals surface area (Å²) in [5, 5.41) is 66.9. The first-order valence-electron chi connectivity index (χ1n) is 6.95. The lowest BCUT2D eigenvalue weighted by atomic mass is 9.98. The summed E-state index contributed by atoms with van der Waals surface area (Å²) in [5.74, 6) is 0. The molecule has 0 bridgehead atoms. The van der Waals surface area contributed by atoms with E-state index < -0.39 is 68.3 Å². The predicted octanol–water partition coefficient (Wildman–Crippen LogP) is -4.72. The summed E-state index contributed by atoms with van der Waals surface area (Å²) in [4.78, 5) is 0. The van der Waals surface area contributed by atoms with Crippen LogP contribution >= 0.6 is 0 Å². The van der Waals surface area contributed by atoms with Crippen molar-refractivity contribution >= 4 is 0 Å². The van der Waals surface area contributed by atoms with Gasteiger partial charge in [0, 0.05) is 0 Å². The molecule has 0 spiro atoms. The second kappa shape index (κ2) is 7.45. The molecule has 0 aromatic carbocycles. The largest absolute Gasteiger partial charge is 0.394 e. The van der Waals surface area contributed by atoms with Crippen molar-refractivity contribution in [3.8, 4) is 0 Å². The van der Waals surface area contributed by atoms with Gasteiger partial charge in [-0.25, -0.2) is 0 Å². The van der Waals surface area contributed by atoms with E-state index in [0.717, 1.165) is 0 Å². The molecule has 2 aliphatic heterocycles. The first-order valence-corrected chi connectivity index (χ1v) is 6.95. The number of aliphatic hydroxyl groups excluding tert-OH is 7. The minimum atomic E-state index is -1.61. The maximum atomic E-state index is 9.93. The number of aliphatic hydroxyl groups is 7. The van der Waals surface area contributed by atoms with Crippen molar-refractivity contribution < 1.29 is 50.0 Å². The van der Waals surface area contributed by atoms with Gasteiger partial charge in [-0.1, -0.05) is 0 Å². The summed E-state index contributed by atoms with van der Waals surface area (Å²) in [7, 11) is 0. The van der Waals surface area contributed by atoms with Gasteiger partial charge in [0.2, 0.25) is 0 Å². The Bertz CT molecular complexity index is 353. The Morgan fingerprint density at radius 1 is 0.773 bits per heavy atom. The molecular formula is C12H22O10. The molecule has 130 valence electrons. The van der Waals surface area contributed by atoms with Gasteiger partial charge < -0.3 is 50.0 Å². The molecule has 0 radical (unpaired) electrons. The van der Waals surface area contributed by atoms with Gasteiger partial charge in [0.25, 0.3) is 0 Å². The van der Waals surface area contributed by atoms with Crippen molar-refractivity contribution in [2.24, 2.45) is 0 Å². The molecule has 2 heterocycles. The van der Waals surface area contributed by atoms with E-state index >= 15 is 0 Å². The van der Waals surface area contributed by atoms with E-state index in [1.807, 2.05) is 0 Å². The number of rotatable bonds is 4. The van der Waals surface area contributed by atoms with Gasteiger partial charge in [-0.15, -0.1) is 0 Å². The zero-order valence-corrected chi connectivity index (χ0v) is 11.7. The highest BCUT2D eigenvalue weighted by molar-refractivity contribution is 4.92. The molecule has 7 N–H and O–H groups in total. The van der Waals surface area contributed by atoms with Crippen LogP contribution in [-0.4, -0.2) is 111 Å². The second-order valence-electron chi connectivity index (χ2n) is 5.41. The quantitative estimate of drug-likeness (QED) is 0.266. The van der Waals surface area contributed by atoms with Gasteiger partial charge in [0.1, 0.15) is 48.8 Å². The summed E-state index contributed by atoms with van der Waals surface area (Å²) < 4.78 is 15.6. The Morgan fingerprint density at radius 3 is 1.95 bits per heavy atom. The summed E-state index contributed by atoms with van der Waals surface area (Å²) in [6, 6.07) is 0. The highest BCUT2D eigenvalue weighted by Crippen LogP contribution is 2.26. The zero-order chi connectivity index (χ0) is 16.4. The lowest BCUT2D eigenvalue weighted by Crippen LogP contribution is -2.62. The van der Waals surface area contributed by atoms with Gasteiger partial charge in [-0.05, 0) is 0 Å². The fourth-order valence-corrected chi connectivity index (χ4v) is 2.49. The minimum absolute atomic E-state index is 0.182. The maximum absolute atomic E-state index is 9.93. The van der Waals surface area contributed by atoms with E-state index in [-0.39, 0.29) is 6.61 Å². The van der Waals surface area contributed by atoms with Crippen LogP contribution < -0.4 is 0 Å². The van der Waals surface area contributed by atoms with E-state index in [2.05, 4.69) is 0 Å². The molecular weight excluding hydrogens is 304 g/mol. The van der Waals surface area contributed by atoms with E-state index in [9.17, 15) is 25.5 Å². The standard InChI is InChI=1S/C12H22O10/c13-1-4-7(15)9(17)6(3-20-4)22-12-11(19)10(18)8(16)5(2-14)21-12/h4-19H,1-3H2/t4-,5-,6-,7-,8-,9-,10+,11+,12-/m1/s1. The Morgan fingerprint density at radius 2 is 1.36 bits per heavy atom. The zero-order valence-electron chi connectivity index (χ0n) is 11.7. The lowest BCUT2D eigenvalue weighted by Gasteiger charge is -2.43. The maximum Gasteiger partial charge on any atom is 0.187 e. The van der Waals surface area contributed by atoms with Crippen LogP contribution in [0.3, 0.4) is 0 Å². The Balaban J connectivity index is 2.00. The third kappa shape index (κ3) is 3.41. The summed E-state index contributed by atoms with van der Waals surface area (Å²) in [6.07, 6.45) is -12.1. The molecule has 0 saturated carbocycles. The fourth-order valence-electron chi connectivity index (χ4n) is 2.49. The Hall–Kier alpha value is -0.400. The van der Waals surface area contributed by atoms with Crippen molar-refractivity contribution in [3.63, 3.8) is 0 Å². The third-order valence-electron chi connectivity index (χ3n) is 3.92. The molecule has 0 aromatic rings. The smallest absolute Gasteiger partial charge is 0.187 e. The first kappa shape index (κ1) is 17.9. The Labute approximate surface area is 126 Å². The molecule has 2 saturated heterocycles. The van der Waals surface area contributed by atoms with Crippen LogP contribution in [0, 0.1) is 0 Å². The molecule has 22 heavy (non-hydrogen) atoms. The van der Waals surface area contributed by atoms with Crippen LogP contribution in [0.25, 0.3) is 0 Å². The van der Waals surface area contributed by atoms with Crippen LogP contribution in [-0.2, 0) is 14.2 Å².